The fourth-order valence-corrected chi connectivity index (χ4v) is 4.59. The number of piperidine rings is 1. The first-order valence-electron chi connectivity index (χ1n) is 10.1. The van der Waals surface area contributed by atoms with Crippen LogP contribution in [0.2, 0.25) is 0 Å². The minimum atomic E-state index is -0.261. The van der Waals surface area contributed by atoms with Crippen molar-refractivity contribution in [2.75, 3.05) is 26.3 Å². The predicted octanol–water partition coefficient (Wildman–Crippen LogP) is 1.97. The smallest absolute Gasteiger partial charge is 0.228 e. The lowest BCUT2D eigenvalue weighted by molar-refractivity contribution is -0.138. The van der Waals surface area contributed by atoms with Gasteiger partial charge in [0.05, 0.1) is 37.3 Å². The molecule has 0 saturated carbocycles. The molecule has 3 aliphatic heterocycles. The Morgan fingerprint density at radius 2 is 1.50 bits per heavy atom. The average molecular weight is 367 g/mol. The number of ether oxygens (including phenoxy) is 2. The summed E-state index contributed by atoms with van der Waals surface area (Å²) in [6.45, 7) is 10.9. The van der Waals surface area contributed by atoms with E-state index < -0.39 is 0 Å². The summed E-state index contributed by atoms with van der Waals surface area (Å²) < 4.78 is 11.1. The monoisotopic (exact) mass is 366 g/mol. The van der Waals surface area contributed by atoms with E-state index in [2.05, 4.69) is 19.2 Å². The number of rotatable bonds is 4. The van der Waals surface area contributed by atoms with Crippen molar-refractivity contribution in [2.24, 2.45) is 17.8 Å². The number of nitrogens with one attached hydrogen (secondary N) is 1. The molecule has 0 radical (unpaired) electrons. The third kappa shape index (κ3) is 4.39. The van der Waals surface area contributed by atoms with Crippen LogP contribution in [0.4, 0.5) is 0 Å². The molecule has 0 aromatic heterocycles. The Hall–Kier alpha value is -1.14. The van der Waals surface area contributed by atoms with Crippen molar-refractivity contribution in [2.45, 2.75) is 71.1 Å². The van der Waals surface area contributed by atoms with E-state index in [9.17, 15) is 9.59 Å². The Morgan fingerprint density at radius 3 is 2.00 bits per heavy atom. The summed E-state index contributed by atoms with van der Waals surface area (Å²) in [6, 6.07) is 0. The first-order chi connectivity index (χ1) is 12.3. The maximum atomic E-state index is 12.6. The summed E-state index contributed by atoms with van der Waals surface area (Å²) in [6.07, 6.45) is 3.86. The van der Waals surface area contributed by atoms with E-state index >= 15 is 0 Å². The molecule has 26 heavy (non-hydrogen) atoms. The van der Waals surface area contributed by atoms with Crippen LogP contribution in [0.1, 0.15) is 53.4 Å². The fourth-order valence-electron chi connectivity index (χ4n) is 4.59. The summed E-state index contributed by atoms with van der Waals surface area (Å²) >= 11 is 0. The Morgan fingerprint density at radius 1 is 0.962 bits per heavy atom. The molecule has 0 aliphatic carbocycles. The number of nitrogens with zero attached hydrogens (tertiary/aromatic N) is 1. The van der Waals surface area contributed by atoms with Gasteiger partial charge >= 0.3 is 0 Å². The molecule has 148 valence electrons. The van der Waals surface area contributed by atoms with Gasteiger partial charge in [0.1, 0.15) is 0 Å². The summed E-state index contributed by atoms with van der Waals surface area (Å²) in [5.74, 6) is 0.726. The molecule has 2 amide bonds. The Bertz CT molecular complexity index is 528. The summed E-state index contributed by atoms with van der Waals surface area (Å²) in [5, 5.41) is 3.25. The van der Waals surface area contributed by atoms with Gasteiger partial charge in [0.2, 0.25) is 11.8 Å². The predicted molar refractivity (Wildman–Crippen MR) is 98.6 cm³/mol. The molecular formula is C20H34N2O4. The maximum Gasteiger partial charge on any atom is 0.228 e. The lowest BCUT2D eigenvalue weighted by Crippen LogP contribution is -2.54. The number of hydrogen-bond acceptors (Lipinski definition) is 4. The topological polar surface area (TPSA) is 67.9 Å². The van der Waals surface area contributed by atoms with E-state index in [0.29, 0.717) is 19.1 Å². The normalized spacial score (nSPS) is 33.5. The highest BCUT2D eigenvalue weighted by molar-refractivity contribution is 5.80. The molecule has 4 atom stereocenters. The van der Waals surface area contributed by atoms with Crippen LogP contribution in [0.5, 0.6) is 0 Å². The first-order valence-corrected chi connectivity index (χ1v) is 10.1. The van der Waals surface area contributed by atoms with Crippen LogP contribution in [0.15, 0.2) is 0 Å². The third-order valence-corrected chi connectivity index (χ3v) is 6.39. The van der Waals surface area contributed by atoms with Crippen LogP contribution < -0.4 is 5.32 Å². The molecule has 3 rings (SSSR count). The van der Waals surface area contributed by atoms with Crippen molar-refractivity contribution >= 4 is 11.8 Å². The molecule has 0 spiro atoms. The van der Waals surface area contributed by atoms with E-state index in [4.69, 9.17) is 9.47 Å². The van der Waals surface area contributed by atoms with Crippen LogP contribution in [-0.2, 0) is 19.1 Å². The average Bonchev–Trinajstić information content (AvgIpc) is 3.22. The van der Waals surface area contributed by atoms with E-state index in [1.165, 1.54) is 0 Å². The largest absolute Gasteiger partial charge is 0.378 e. The van der Waals surface area contributed by atoms with Crippen LogP contribution >= 0.6 is 0 Å². The van der Waals surface area contributed by atoms with Gasteiger partial charge in [0, 0.05) is 18.6 Å². The minimum Gasteiger partial charge on any atom is -0.378 e. The van der Waals surface area contributed by atoms with Gasteiger partial charge in [-0.25, -0.2) is 0 Å². The highest BCUT2D eigenvalue weighted by Crippen LogP contribution is 2.31. The van der Waals surface area contributed by atoms with Crippen LogP contribution in [-0.4, -0.2) is 60.8 Å². The van der Waals surface area contributed by atoms with Gasteiger partial charge < -0.3 is 19.7 Å². The van der Waals surface area contributed by atoms with Crippen molar-refractivity contribution in [3.8, 4) is 0 Å². The highest BCUT2D eigenvalue weighted by Gasteiger charge is 2.39. The molecule has 4 unspecified atom stereocenters. The molecule has 3 fully saturated rings. The van der Waals surface area contributed by atoms with Gasteiger partial charge in [0.15, 0.2) is 0 Å². The van der Waals surface area contributed by atoms with E-state index in [-0.39, 0.29) is 41.4 Å². The zero-order chi connectivity index (χ0) is 18.9. The van der Waals surface area contributed by atoms with Gasteiger partial charge in [-0.05, 0) is 59.3 Å². The molecule has 1 N–H and O–H groups in total. The van der Waals surface area contributed by atoms with E-state index in [1.54, 1.807) is 0 Å². The molecule has 3 heterocycles. The van der Waals surface area contributed by atoms with Crippen LogP contribution in [0, 0.1) is 17.8 Å². The quantitative estimate of drug-likeness (QED) is 0.826. The van der Waals surface area contributed by atoms with Crippen molar-refractivity contribution in [1.82, 2.24) is 10.2 Å². The molecular weight excluding hydrogens is 332 g/mol. The second-order valence-corrected chi connectivity index (χ2v) is 8.96. The SMILES string of the molecule is CC1CC(C(=O)NC(C)(C)C2CCN(C(=O)C3COC(C)C3)CC2)CO1. The molecule has 0 aromatic carbocycles. The van der Waals surface area contributed by atoms with Gasteiger partial charge in [-0.1, -0.05) is 0 Å². The molecule has 3 saturated heterocycles. The second-order valence-electron chi connectivity index (χ2n) is 8.96. The fraction of sp³-hybridized carbons (Fsp3) is 0.900. The third-order valence-electron chi connectivity index (χ3n) is 6.39. The summed E-state index contributed by atoms with van der Waals surface area (Å²) in [7, 11) is 0. The van der Waals surface area contributed by atoms with Crippen molar-refractivity contribution in [3.05, 3.63) is 0 Å². The zero-order valence-corrected chi connectivity index (χ0v) is 16.6. The minimum absolute atomic E-state index is 0.0265. The molecule has 0 bridgehead atoms. The standard InChI is InChI=1S/C20H34N2O4/c1-13-9-15(11-25-13)18(23)21-20(3,4)17-5-7-22(8-6-17)19(24)16-10-14(2)26-12-16/h13-17H,5-12H2,1-4H3,(H,21,23). The van der Waals surface area contributed by atoms with Crippen LogP contribution in [0.25, 0.3) is 0 Å². The molecule has 6 nitrogen and oxygen atoms in total. The van der Waals surface area contributed by atoms with E-state index in [1.807, 2.05) is 18.7 Å². The van der Waals surface area contributed by atoms with Gasteiger partial charge in [-0.2, -0.15) is 0 Å². The Kier molecular flexibility index (Phi) is 5.92. The maximum absolute atomic E-state index is 12.6. The molecule has 0 aromatic rings. The lowest BCUT2D eigenvalue weighted by Gasteiger charge is -2.42. The van der Waals surface area contributed by atoms with E-state index in [0.717, 1.165) is 38.8 Å². The summed E-state index contributed by atoms with van der Waals surface area (Å²) in [5.41, 5.74) is -0.261. The second kappa shape index (κ2) is 7.85. The lowest BCUT2D eigenvalue weighted by atomic mass is 9.79. The molecule has 3 aliphatic rings. The van der Waals surface area contributed by atoms with Gasteiger partial charge in [-0.15, -0.1) is 0 Å². The van der Waals surface area contributed by atoms with Crippen molar-refractivity contribution < 1.29 is 19.1 Å². The number of carbonyl (C=O) groups is 2. The Balaban J connectivity index is 1.48. The number of carbonyl (C=O) groups excluding carboxylic acids is 2. The van der Waals surface area contributed by atoms with Crippen LogP contribution in [0.3, 0.4) is 0 Å². The first kappa shape index (κ1) is 19.6. The molecule has 6 heteroatoms. The number of likely N-dealkylation sites (tertiary alicyclic amines) is 1. The number of amides is 2. The van der Waals surface area contributed by atoms with Crippen molar-refractivity contribution in [3.63, 3.8) is 0 Å². The number of hydrogen-bond donors (Lipinski definition) is 1. The Labute approximate surface area is 157 Å². The van der Waals surface area contributed by atoms with Gasteiger partial charge in [0.25, 0.3) is 0 Å². The highest BCUT2D eigenvalue weighted by atomic mass is 16.5. The van der Waals surface area contributed by atoms with Crippen molar-refractivity contribution in [1.29, 1.82) is 0 Å². The zero-order valence-electron chi connectivity index (χ0n) is 16.6. The summed E-state index contributed by atoms with van der Waals surface area (Å²) in [4.78, 5) is 27.2. The van der Waals surface area contributed by atoms with Gasteiger partial charge in [-0.3, -0.25) is 9.59 Å².